The molecule has 2 aromatic rings. The first-order valence-corrected chi connectivity index (χ1v) is 8.10. The van der Waals surface area contributed by atoms with Gasteiger partial charge in [-0.3, -0.25) is 0 Å². The van der Waals surface area contributed by atoms with Gasteiger partial charge in [0, 0.05) is 6.04 Å². The average molecular weight is 279 g/mol. The van der Waals surface area contributed by atoms with E-state index in [9.17, 15) is 0 Å². The van der Waals surface area contributed by atoms with Crippen LogP contribution < -0.4 is 5.32 Å². The first-order valence-electron chi connectivity index (χ1n) is 8.10. The molecule has 1 aliphatic rings. The lowest BCUT2D eigenvalue weighted by Crippen LogP contribution is -2.23. The lowest BCUT2D eigenvalue weighted by molar-refractivity contribution is 0.379. The van der Waals surface area contributed by atoms with Gasteiger partial charge in [0.05, 0.1) is 0 Å². The maximum absolute atomic E-state index is 3.54. The van der Waals surface area contributed by atoms with Crippen LogP contribution in [-0.2, 0) is 0 Å². The van der Waals surface area contributed by atoms with Crippen LogP contribution >= 0.6 is 0 Å². The van der Waals surface area contributed by atoms with Gasteiger partial charge >= 0.3 is 0 Å². The fourth-order valence-corrected chi connectivity index (χ4v) is 3.74. The van der Waals surface area contributed by atoms with Crippen LogP contribution in [0.1, 0.15) is 37.8 Å². The maximum Gasteiger partial charge on any atom is 0.0346 e. The van der Waals surface area contributed by atoms with E-state index in [1.54, 1.807) is 0 Å². The van der Waals surface area contributed by atoms with Gasteiger partial charge in [0.25, 0.3) is 0 Å². The molecule has 3 unspecified atom stereocenters. The Hall–Kier alpha value is -1.60. The maximum atomic E-state index is 3.54. The molecule has 0 saturated heterocycles. The molecule has 1 N–H and O–H groups in total. The minimum atomic E-state index is 0.500. The van der Waals surface area contributed by atoms with Gasteiger partial charge < -0.3 is 5.32 Å². The highest BCUT2D eigenvalue weighted by molar-refractivity contribution is 5.63. The molecule has 3 atom stereocenters. The minimum Gasteiger partial charge on any atom is -0.313 e. The molecule has 1 fully saturated rings. The quantitative estimate of drug-likeness (QED) is 0.825. The highest BCUT2D eigenvalue weighted by atomic mass is 14.9. The van der Waals surface area contributed by atoms with E-state index in [1.807, 2.05) is 0 Å². The SMILES string of the molecule is CNC(c1ccc(-c2ccccc2)cc1)C1CCC(C)C1. The van der Waals surface area contributed by atoms with Gasteiger partial charge in [-0.1, -0.05) is 67.9 Å². The molecule has 2 aromatic carbocycles. The van der Waals surface area contributed by atoms with E-state index in [1.165, 1.54) is 36.0 Å². The third kappa shape index (κ3) is 3.19. The smallest absolute Gasteiger partial charge is 0.0346 e. The molecule has 0 spiro atoms. The second kappa shape index (κ2) is 6.44. The predicted molar refractivity (Wildman–Crippen MR) is 90.2 cm³/mol. The molecule has 1 heteroatoms. The van der Waals surface area contributed by atoms with E-state index in [0.717, 1.165) is 11.8 Å². The molecule has 0 radical (unpaired) electrons. The molecule has 21 heavy (non-hydrogen) atoms. The molecule has 0 amide bonds. The zero-order valence-electron chi connectivity index (χ0n) is 13.0. The molecule has 1 nitrogen and oxygen atoms in total. The summed E-state index contributed by atoms with van der Waals surface area (Å²) < 4.78 is 0. The largest absolute Gasteiger partial charge is 0.313 e. The zero-order chi connectivity index (χ0) is 14.7. The lowest BCUT2D eigenvalue weighted by Gasteiger charge is -2.24. The summed E-state index contributed by atoms with van der Waals surface area (Å²) in [6, 6.07) is 20.2. The van der Waals surface area contributed by atoms with E-state index >= 15 is 0 Å². The number of rotatable bonds is 4. The molecule has 0 heterocycles. The Labute approximate surface area is 128 Å². The van der Waals surface area contributed by atoms with Crippen molar-refractivity contribution in [2.75, 3.05) is 7.05 Å². The third-order valence-electron chi connectivity index (χ3n) is 4.89. The topological polar surface area (TPSA) is 12.0 Å². The standard InChI is InChI=1S/C20H25N/c1-15-8-9-19(14-15)20(21-2)18-12-10-17(11-13-18)16-6-4-3-5-7-16/h3-7,10-13,15,19-21H,8-9,14H2,1-2H3. The summed E-state index contributed by atoms with van der Waals surface area (Å²) in [5.41, 5.74) is 4.02. The summed E-state index contributed by atoms with van der Waals surface area (Å²) in [5, 5.41) is 3.54. The number of nitrogens with one attached hydrogen (secondary N) is 1. The third-order valence-corrected chi connectivity index (χ3v) is 4.89. The van der Waals surface area contributed by atoms with Gasteiger partial charge in [0.15, 0.2) is 0 Å². The van der Waals surface area contributed by atoms with Crippen molar-refractivity contribution < 1.29 is 0 Å². The van der Waals surface area contributed by atoms with Gasteiger partial charge in [0.2, 0.25) is 0 Å². The molecular formula is C20H25N. The Morgan fingerprint density at radius 2 is 1.57 bits per heavy atom. The van der Waals surface area contributed by atoms with Crippen LogP contribution in [0.4, 0.5) is 0 Å². The Kier molecular flexibility index (Phi) is 4.40. The number of benzene rings is 2. The molecule has 0 bridgehead atoms. The van der Waals surface area contributed by atoms with E-state index in [4.69, 9.17) is 0 Å². The molecular weight excluding hydrogens is 254 g/mol. The first kappa shape index (κ1) is 14.3. The van der Waals surface area contributed by atoms with Crippen molar-refractivity contribution in [3.8, 4) is 11.1 Å². The predicted octanol–water partition coefficient (Wildman–Crippen LogP) is 5.05. The second-order valence-electron chi connectivity index (χ2n) is 6.43. The monoisotopic (exact) mass is 279 g/mol. The van der Waals surface area contributed by atoms with Crippen molar-refractivity contribution in [1.82, 2.24) is 5.32 Å². The second-order valence-corrected chi connectivity index (χ2v) is 6.43. The van der Waals surface area contributed by atoms with Gasteiger partial charge in [-0.05, 0) is 48.4 Å². The van der Waals surface area contributed by atoms with Crippen molar-refractivity contribution in [2.45, 2.75) is 32.2 Å². The summed E-state index contributed by atoms with van der Waals surface area (Å²) in [6.45, 7) is 2.38. The Morgan fingerprint density at radius 3 is 2.14 bits per heavy atom. The summed E-state index contributed by atoms with van der Waals surface area (Å²) in [7, 11) is 2.10. The van der Waals surface area contributed by atoms with Gasteiger partial charge in [-0.2, -0.15) is 0 Å². The normalized spacial score (nSPS) is 23.1. The number of hydrogen-bond donors (Lipinski definition) is 1. The van der Waals surface area contributed by atoms with Gasteiger partial charge in [-0.15, -0.1) is 0 Å². The van der Waals surface area contributed by atoms with Gasteiger partial charge in [-0.25, -0.2) is 0 Å². The minimum absolute atomic E-state index is 0.500. The van der Waals surface area contributed by atoms with Crippen molar-refractivity contribution >= 4 is 0 Å². The van der Waals surface area contributed by atoms with Crippen LogP contribution in [0.2, 0.25) is 0 Å². The molecule has 1 saturated carbocycles. The Balaban J connectivity index is 1.79. The fourth-order valence-electron chi connectivity index (χ4n) is 3.74. The van der Waals surface area contributed by atoms with Crippen molar-refractivity contribution in [3.05, 3.63) is 60.2 Å². The van der Waals surface area contributed by atoms with Crippen molar-refractivity contribution in [1.29, 1.82) is 0 Å². The fraction of sp³-hybridized carbons (Fsp3) is 0.400. The van der Waals surface area contributed by atoms with Crippen LogP contribution in [0.5, 0.6) is 0 Å². The Morgan fingerprint density at radius 1 is 0.905 bits per heavy atom. The molecule has 110 valence electrons. The highest BCUT2D eigenvalue weighted by Crippen LogP contribution is 2.39. The van der Waals surface area contributed by atoms with Crippen LogP contribution in [-0.4, -0.2) is 7.05 Å². The molecule has 1 aliphatic carbocycles. The molecule has 0 aliphatic heterocycles. The average Bonchev–Trinajstić information content (AvgIpc) is 2.96. The Bertz CT molecular complexity index is 558. The lowest BCUT2D eigenvalue weighted by atomic mass is 9.90. The summed E-state index contributed by atoms with van der Waals surface area (Å²) >= 11 is 0. The molecule has 0 aromatic heterocycles. The van der Waals surface area contributed by atoms with E-state index in [-0.39, 0.29) is 0 Å². The summed E-state index contributed by atoms with van der Waals surface area (Å²) in [4.78, 5) is 0. The van der Waals surface area contributed by atoms with Crippen molar-refractivity contribution in [2.24, 2.45) is 11.8 Å². The van der Waals surface area contributed by atoms with Crippen LogP contribution in [0.25, 0.3) is 11.1 Å². The highest BCUT2D eigenvalue weighted by Gasteiger charge is 2.28. The molecule has 3 rings (SSSR count). The van der Waals surface area contributed by atoms with E-state index in [0.29, 0.717) is 6.04 Å². The van der Waals surface area contributed by atoms with Crippen molar-refractivity contribution in [3.63, 3.8) is 0 Å². The van der Waals surface area contributed by atoms with Crippen LogP contribution in [0, 0.1) is 11.8 Å². The summed E-state index contributed by atoms with van der Waals surface area (Å²) in [5.74, 6) is 1.67. The van der Waals surface area contributed by atoms with E-state index < -0.39 is 0 Å². The van der Waals surface area contributed by atoms with Crippen LogP contribution in [0.3, 0.4) is 0 Å². The van der Waals surface area contributed by atoms with Gasteiger partial charge in [0.1, 0.15) is 0 Å². The summed E-state index contributed by atoms with van der Waals surface area (Å²) in [6.07, 6.45) is 4.09. The zero-order valence-corrected chi connectivity index (χ0v) is 13.0. The number of hydrogen-bond acceptors (Lipinski definition) is 1. The van der Waals surface area contributed by atoms with Crippen LogP contribution in [0.15, 0.2) is 54.6 Å². The first-order chi connectivity index (χ1) is 10.3. The van der Waals surface area contributed by atoms with E-state index in [2.05, 4.69) is 73.9 Å².